The first kappa shape index (κ1) is 55.7. The maximum atomic E-state index is 7.51. The van der Waals surface area contributed by atoms with Crippen LogP contribution in [0.4, 0.5) is 0 Å². The van der Waals surface area contributed by atoms with E-state index in [2.05, 4.69) is 292 Å². The molecule has 0 radical (unpaired) electrons. The van der Waals surface area contributed by atoms with Crippen LogP contribution in [0, 0.1) is 55.3 Å². The molecule has 0 amide bonds. The van der Waals surface area contributed by atoms with Crippen LogP contribution in [0.2, 0.25) is 0 Å². The van der Waals surface area contributed by atoms with Crippen LogP contribution in [0.25, 0.3) is 45.0 Å². The van der Waals surface area contributed by atoms with Crippen LogP contribution in [0.3, 0.4) is 0 Å². The molecule has 8 rings (SSSR count). The predicted octanol–water partition coefficient (Wildman–Crippen LogP) is 16.4. The van der Waals surface area contributed by atoms with Gasteiger partial charge in [-0.05, 0) is 147 Å². The fourth-order valence-electron chi connectivity index (χ4n) is 10.0. The summed E-state index contributed by atoms with van der Waals surface area (Å²) in [5, 5.41) is 0. The minimum absolute atomic E-state index is 0.108. The fourth-order valence-corrected chi connectivity index (χ4v) is 10.0. The maximum Gasteiger partial charge on any atom is 0.212 e. The first-order valence-electron chi connectivity index (χ1n) is 28.7. The molecular formula is C72H96N4+4. The Morgan fingerprint density at radius 1 is 0.303 bits per heavy atom. The smallest absolute Gasteiger partial charge is 0.201 e. The van der Waals surface area contributed by atoms with E-state index < -0.39 is 6.85 Å². The van der Waals surface area contributed by atoms with E-state index in [1.807, 2.05) is 20.0 Å². The molecular weight excluding hydrogens is 921 g/mol. The summed E-state index contributed by atoms with van der Waals surface area (Å²) in [5.41, 5.74) is 25.4. The molecule has 0 saturated heterocycles. The first-order valence-corrected chi connectivity index (χ1v) is 27.2. The van der Waals surface area contributed by atoms with Gasteiger partial charge in [-0.15, -0.1) is 0 Å². The van der Waals surface area contributed by atoms with Gasteiger partial charge in [0.25, 0.3) is 0 Å². The van der Waals surface area contributed by atoms with Gasteiger partial charge in [0, 0.05) is 72.9 Å². The van der Waals surface area contributed by atoms with E-state index in [4.69, 9.17) is 4.11 Å². The van der Waals surface area contributed by atoms with Crippen molar-refractivity contribution in [3.63, 3.8) is 0 Å². The van der Waals surface area contributed by atoms with E-state index in [0.717, 1.165) is 16.8 Å². The minimum atomic E-state index is -2.05. The van der Waals surface area contributed by atoms with Crippen molar-refractivity contribution in [1.29, 1.82) is 0 Å². The lowest BCUT2D eigenvalue weighted by atomic mass is 9.84. The van der Waals surface area contributed by atoms with E-state index in [1.165, 1.54) is 89.4 Å². The SMILES string of the molecule is Cc1ccc(-c2ccc(C(C)(C)C)c[n+]2C)c(C)c1.Cc1ccccc1-c1cc(C)c(C(C)(C)C)c[n+]1C.Cc1ccccc1-c1cc(C)c(C(C)(C)C)c[n+]1C.[2H]C([2H])([2H])c1ccc(-c2ccc(C(C)(C)C)c[n+]2C)c(C)c1. The van der Waals surface area contributed by atoms with Crippen molar-refractivity contribution in [2.24, 2.45) is 28.2 Å². The average Bonchev–Trinajstić information content (AvgIpc) is 3.34. The molecule has 76 heavy (non-hydrogen) atoms. The highest BCUT2D eigenvalue weighted by Crippen LogP contribution is 2.31. The molecule has 0 aliphatic heterocycles. The third-order valence-electron chi connectivity index (χ3n) is 14.6. The third-order valence-corrected chi connectivity index (χ3v) is 14.6. The summed E-state index contributed by atoms with van der Waals surface area (Å²) in [7, 11) is 8.43. The summed E-state index contributed by atoms with van der Waals surface area (Å²) in [6.07, 6.45) is 8.94. The molecule has 0 bridgehead atoms. The Morgan fingerprint density at radius 3 is 0.947 bits per heavy atom. The number of hydrogen-bond acceptors (Lipinski definition) is 0. The second kappa shape index (κ2) is 24.2. The van der Waals surface area contributed by atoms with Gasteiger partial charge in [-0.3, -0.25) is 0 Å². The van der Waals surface area contributed by atoms with Gasteiger partial charge in [0.15, 0.2) is 24.8 Å². The summed E-state index contributed by atoms with van der Waals surface area (Å²) in [6, 6.07) is 42.5. The number of pyridine rings is 4. The quantitative estimate of drug-likeness (QED) is 0.156. The second-order valence-electron chi connectivity index (χ2n) is 25.5. The lowest BCUT2D eigenvalue weighted by Gasteiger charge is -2.20. The molecule has 0 atom stereocenters. The van der Waals surface area contributed by atoms with Crippen LogP contribution in [-0.2, 0) is 49.9 Å². The van der Waals surface area contributed by atoms with Crippen molar-refractivity contribution in [1.82, 2.24) is 0 Å². The summed E-state index contributed by atoms with van der Waals surface area (Å²) in [4.78, 5) is 0. The number of nitrogens with zero attached hydrogens (tertiary/aromatic N) is 4. The van der Waals surface area contributed by atoms with E-state index >= 15 is 0 Å². The molecule has 0 fully saturated rings. The predicted molar refractivity (Wildman–Crippen MR) is 325 cm³/mol. The normalized spacial score (nSPS) is 12.4. The fraction of sp³-hybridized carbons (Fsp3) is 0.389. The summed E-state index contributed by atoms with van der Waals surface area (Å²) in [5.74, 6) is 0. The van der Waals surface area contributed by atoms with Crippen molar-refractivity contribution >= 4 is 0 Å². The van der Waals surface area contributed by atoms with Gasteiger partial charge in [0.05, 0.1) is 0 Å². The van der Waals surface area contributed by atoms with Crippen LogP contribution < -0.4 is 18.3 Å². The Kier molecular flexibility index (Phi) is 17.7. The Hall–Kier alpha value is -6.52. The van der Waals surface area contributed by atoms with E-state index in [0.29, 0.717) is 5.56 Å². The topological polar surface area (TPSA) is 15.5 Å². The molecule has 4 heterocycles. The highest BCUT2D eigenvalue weighted by molar-refractivity contribution is 5.64. The van der Waals surface area contributed by atoms with Crippen molar-refractivity contribution in [3.05, 3.63) is 213 Å². The molecule has 0 unspecified atom stereocenters. The zero-order valence-corrected chi connectivity index (χ0v) is 51.1. The van der Waals surface area contributed by atoms with Crippen LogP contribution in [-0.4, -0.2) is 0 Å². The number of rotatable bonds is 4. The summed E-state index contributed by atoms with van der Waals surface area (Å²) >= 11 is 0. The highest BCUT2D eigenvalue weighted by atomic mass is 14.9. The largest absolute Gasteiger partial charge is 0.212 e. The Bertz CT molecular complexity index is 3250. The average molecular weight is 1020 g/mol. The molecule has 400 valence electrons. The van der Waals surface area contributed by atoms with E-state index in [-0.39, 0.29) is 21.7 Å². The van der Waals surface area contributed by atoms with Crippen LogP contribution in [0.5, 0.6) is 0 Å². The lowest BCUT2D eigenvalue weighted by Crippen LogP contribution is -2.34. The Morgan fingerprint density at radius 2 is 0.632 bits per heavy atom. The zero-order valence-electron chi connectivity index (χ0n) is 54.1. The van der Waals surface area contributed by atoms with Crippen LogP contribution >= 0.6 is 0 Å². The molecule has 0 N–H and O–H groups in total. The molecule has 4 aromatic carbocycles. The molecule has 4 nitrogen and oxygen atoms in total. The number of hydrogen-bond donors (Lipinski definition) is 0. The molecule has 4 aromatic heterocycles. The monoisotopic (exact) mass is 1020 g/mol. The number of aromatic nitrogens is 4. The summed E-state index contributed by atoms with van der Waals surface area (Å²) < 4.78 is 31.4. The lowest BCUT2D eigenvalue weighted by molar-refractivity contribution is -0.661. The van der Waals surface area contributed by atoms with Crippen molar-refractivity contribution in [2.75, 3.05) is 0 Å². The standard InChI is InChI=1S/4C18H24N/c2*1-13-7-9-16(14(2)11-13)17-10-8-15(12-19(17)6)18(3,4)5;2*1-13-9-7-8-10-15(13)17-11-14(2)16(12-19(17)6)18(3,4)5/h4*7-12H,1-6H3/q4*+1/i1D3;;;. The van der Waals surface area contributed by atoms with E-state index in [1.54, 1.807) is 12.1 Å². The van der Waals surface area contributed by atoms with Crippen molar-refractivity contribution < 1.29 is 22.4 Å². The molecule has 0 aliphatic rings. The number of benzene rings is 4. The van der Waals surface area contributed by atoms with Gasteiger partial charge in [0.1, 0.15) is 28.2 Å². The molecule has 0 aliphatic carbocycles. The van der Waals surface area contributed by atoms with Gasteiger partial charge in [-0.25, -0.2) is 18.3 Å². The van der Waals surface area contributed by atoms with Gasteiger partial charge in [-0.1, -0.05) is 155 Å². The third kappa shape index (κ3) is 15.3. The Balaban J connectivity index is 0.000000194. The molecule has 0 saturated carbocycles. The van der Waals surface area contributed by atoms with Gasteiger partial charge in [-0.2, -0.15) is 0 Å². The Labute approximate surface area is 466 Å². The summed E-state index contributed by atoms with van der Waals surface area (Å²) in [6.45, 7) is 39.9. The van der Waals surface area contributed by atoms with Crippen molar-refractivity contribution in [3.8, 4) is 45.0 Å². The molecule has 8 aromatic rings. The maximum absolute atomic E-state index is 7.51. The van der Waals surface area contributed by atoms with Gasteiger partial charge >= 0.3 is 0 Å². The molecule has 0 spiro atoms. The van der Waals surface area contributed by atoms with E-state index in [9.17, 15) is 0 Å². The number of aryl methyl sites for hydroxylation is 12. The first-order chi connectivity index (χ1) is 36.4. The second-order valence-corrected chi connectivity index (χ2v) is 25.5. The van der Waals surface area contributed by atoms with Crippen molar-refractivity contribution in [2.45, 2.75) is 160 Å². The zero-order chi connectivity index (χ0) is 59.3. The van der Waals surface area contributed by atoms with Crippen LogP contribution in [0.1, 0.15) is 154 Å². The van der Waals surface area contributed by atoms with Gasteiger partial charge in [0.2, 0.25) is 22.8 Å². The molecule has 4 heteroatoms. The highest BCUT2D eigenvalue weighted by Gasteiger charge is 2.26. The van der Waals surface area contributed by atoms with Crippen LogP contribution in [0.15, 0.2) is 146 Å². The minimum Gasteiger partial charge on any atom is -0.201 e. The van der Waals surface area contributed by atoms with Gasteiger partial charge < -0.3 is 0 Å².